The second kappa shape index (κ2) is 8.47. The summed E-state index contributed by atoms with van der Waals surface area (Å²) in [4.78, 5) is 34.4. The second-order valence-electron chi connectivity index (χ2n) is 7.59. The molecule has 0 N–H and O–H groups in total. The molecule has 3 heterocycles. The topological polar surface area (TPSA) is 57.9 Å². The fourth-order valence-corrected chi connectivity index (χ4v) is 3.87. The van der Waals surface area contributed by atoms with Crippen LogP contribution in [0, 0.1) is 0 Å². The Labute approximate surface area is 170 Å². The standard InChI is InChI=1S/C23H26N4O2/c1-25(17-18-11-5-4-6-12-18)23(29)21-24-20(19-13-7-10-16-27(19)21)22(28)26-14-8-2-3-9-15-26/h4-7,10-13,16H,2-3,8-9,14-15,17H2,1H3. The molecule has 2 amide bonds. The summed E-state index contributed by atoms with van der Waals surface area (Å²) in [7, 11) is 1.76. The fraction of sp³-hybridized carbons (Fsp3) is 0.348. The van der Waals surface area contributed by atoms with Crippen molar-refractivity contribution in [1.29, 1.82) is 0 Å². The van der Waals surface area contributed by atoms with Crippen LogP contribution >= 0.6 is 0 Å². The fourth-order valence-electron chi connectivity index (χ4n) is 3.87. The molecular weight excluding hydrogens is 364 g/mol. The Hall–Kier alpha value is -3.15. The number of nitrogens with zero attached hydrogens (tertiary/aromatic N) is 4. The zero-order valence-corrected chi connectivity index (χ0v) is 16.8. The van der Waals surface area contributed by atoms with Crippen molar-refractivity contribution < 1.29 is 9.59 Å². The predicted octanol–water partition coefficient (Wildman–Crippen LogP) is 3.62. The zero-order valence-electron chi connectivity index (χ0n) is 16.8. The first-order valence-electron chi connectivity index (χ1n) is 10.2. The quantitative estimate of drug-likeness (QED) is 0.684. The van der Waals surface area contributed by atoms with Crippen LogP contribution in [0.1, 0.15) is 52.4 Å². The van der Waals surface area contributed by atoms with Gasteiger partial charge in [0.05, 0.1) is 5.52 Å². The Bertz CT molecular complexity index is 1000. The minimum Gasteiger partial charge on any atom is -0.337 e. The van der Waals surface area contributed by atoms with Crippen molar-refractivity contribution in [3.63, 3.8) is 0 Å². The third kappa shape index (κ3) is 4.01. The van der Waals surface area contributed by atoms with Gasteiger partial charge in [0, 0.05) is 32.9 Å². The summed E-state index contributed by atoms with van der Waals surface area (Å²) < 4.78 is 1.73. The van der Waals surface area contributed by atoms with Gasteiger partial charge in [0.1, 0.15) is 0 Å². The Morgan fingerprint density at radius 1 is 0.966 bits per heavy atom. The number of hydrogen-bond acceptors (Lipinski definition) is 3. The molecule has 0 spiro atoms. The summed E-state index contributed by atoms with van der Waals surface area (Å²) in [5.41, 5.74) is 2.09. The molecule has 3 aromatic rings. The maximum absolute atomic E-state index is 13.2. The van der Waals surface area contributed by atoms with E-state index in [9.17, 15) is 9.59 Å². The number of hydrogen-bond donors (Lipinski definition) is 0. The van der Waals surface area contributed by atoms with Crippen LogP contribution in [0.2, 0.25) is 0 Å². The lowest BCUT2D eigenvalue weighted by molar-refractivity contribution is 0.0757. The number of benzene rings is 1. The smallest absolute Gasteiger partial charge is 0.290 e. The Kier molecular flexibility index (Phi) is 5.60. The van der Waals surface area contributed by atoms with Crippen molar-refractivity contribution in [2.75, 3.05) is 20.1 Å². The summed E-state index contributed by atoms with van der Waals surface area (Å²) >= 11 is 0. The van der Waals surface area contributed by atoms with E-state index in [-0.39, 0.29) is 17.6 Å². The highest BCUT2D eigenvalue weighted by molar-refractivity contribution is 6.02. The summed E-state index contributed by atoms with van der Waals surface area (Å²) in [6.45, 7) is 1.99. The van der Waals surface area contributed by atoms with Gasteiger partial charge < -0.3 is 9.80 Å². The lowest BCUT2D eigenvalue weighted by Crippen LogP contribution is -2.32. The molecule has 1 aliphatic heterocycles. The number of pyridine rings is 1. The van der Waals surface area contributed by atoms with Crippen LogP contribution in [0.15, 0.2) is 54.7 Å². The van der Waals surface area contributed by atoms with Gasteiger partial charge in [-0.3, -0.25) is 14.0 Å². The second-order valence-corrected chi connectivity index (χ2v) is 7.59. The van der Waals surface area contributed by atoms with Gasteiger partial charge in [-0.05, 0) is 30.5 Å². The molecule has 1 aromatic carbocycles. The third-order valence-corrected chi connectivity index (χ3v) is 5.44. The van der Waals surface area contributed by atoms with Gasteiger partial charge in [0.2, 0.25) is 5.82 Å². The van der Waals surface area contributed by atoms with Crippen molar-refractivity contribution in [2.24, 2.45) is 0 Å². The number of carbonyl (C=O) groups excluding carboxylic acids is 2. The zero-order chi connectivity index (χ0) is 20.2. The van der Waals surface area contributed by atoms with E-state index in [0.717, 1.165) is 44.3 Å². The molecule has 0 bridgehead atoms. The van der Waals surface area contributed by atoms with E-state index in [1.807, 2.05) is 53.4 Å². The Balaban J connectivity index is 1.65. The highest BCUT2D eigenvalue weighted by atomic mass is 16.2. The highest BCUT2D eigenvalue weighted by Crippen LogP contribution is 2.19. The molecule has 1 saturated heterocycles. The van der Waals surface area contributed by atoms with Crippen LogP contribution < -0.4 is 0 Å². The number of imidazole rings is 1. The van der Waals surface area contributed by atoms with Gasteiger partial charge in [-0.1, -0.05) is 49.2 Å². The summed E-state index contributed by atoms with van der Waals surface area (Å²) in [6.07, 6.45) is 6.14. The number of carbonyl (C=O) groups is 2. The maximum Gasteiger partial charge on any atom is 0.290 e. The molecule has 6 heteroatoms. The molecule has 1 fully saturated rings. The number of rotatable bonds is 4. The van der Waals surface area contributed by atoms with Crippen LogP contribution in [0.25, 0.3) is 5.52 Å². The average molecular weight is 390 g/mol. The largest absolute Gasteiger partial charge is 0.337 e. The molecule has 2 aromatic heterocycles. The minimum absolute atomic E-state index is 0.0830. The Morgan fingerprint density at radius 2 is 1.66 bits per heavy atom. The average Bonchev–Trinajstić information content (AvgIpc) is 2.93. The van der Waals surface area contributed by atoms with Gasteiger partial charge in [-0.25, -0.2) is 4.98 Å². The molecule has 1 aliphatic rings. The normalized spacial score (nSPS) is 14.6. The lowest BCUT2D eigenvalue weighted by Gasteiger charge is -2.19. The summed E-state index contributed by atoms with van der Waals surface area (Å²) in [6, 6.07) is 15.4. The van der Waals surface area contributed by atoms with Crippen molar-refractivity contribution in [1.82, 2.24) is 19.2 Å². The maximum atomic E-state index is 13.2. The summed E-state index contributed by atoms with van der Waals surface area (Å²) in [5, 5.41) is 0. The molecular formula is C23H26N4O2. The van der Waals surface area contributed by atoms with E-state index in [4.69, 9.17) is 0 Å². The third-order valence-electron chi connectivity index (χ3n) is 5.44. The van der Waals surface area contributed by atoms with Gasteiger partial charge in [0.25, 0.3) is 11.8 Å². The van der Waals surface area contributed by atoms with E-state index in [0.29, 0.717) is 17.8 Å². The van der Waals surface area contributed by atoms with Crippen LogP contribution in [-0.4, -0.2) is 51.1 Å². The first-order chi connectivity index (χ1) is 14.1. The van der Waals surface area contributed by atoms with E-state index in [1.165, 1.54) is 0 Å². The molecule has 0 saturated carbocycles. The van der Waals surface area contributed by atoms with Crippen LogP contribution in [-0.2, 0) is 6.54 Å². The molecule has 6 nitrogen and oxygen atoms in total. The van der Waals surface area contributed by atoms with Crippen LogP contribution in [0.3, 0.4) is 0 Å². The van der Waals surface area contributed by atoms with Gasteiger partial charge >= 0.3 is 0 Å². The van der Waals surface area contributed by atoms with Crippen LogP contribution in [0.5, 0.6) is 0 Å². The van der Waals surface area contributed by atoms with E-state index in [1.54, 1.807) is 22.5 Å². The SMILES string of the molecule is CN(Cc1ccccc1)C(=O)c1nc(C(=O)N2CCCCCC2)c2ccccn12. The van der Waals surface area contributed by atoms with E-state index in [2.05, 4.69) is 4.98 Å². The number of amides is 2. The van der Waals surface area contributed by atoms with E-state index < -0.39 is 0 Å². The van der Waals surface area contributed by atoms with E-state index >= 15 is 0 Å². The number of aromatic nitrogens is 2. The van der Waals surface area contributed by atoms with Gasteiger partial charge in [0.15, 0.2) is 5.69 Å². The molecule has 29 heavy (non-hydrogen) atoms. The highest BCUT2D eigenvalue weighted by Gasteiger charge is 2.26. The first kappa shape index (κ1) is 19.2. The van der Waals surface area contributed by atoms with Gasteiger partial charge in [-0.2, -0.15) is 0 Å². The van der Waals surface area contributed by atoms with Crippen molar-refractivity contribution in [3.05, 3.63) is 71.8 Å². The monoisotopic (exact) mass is 390 g/mol. The Morgan fingerprint density at radius 3 is 2.38 bits per heavy atom. The lowest BCUT2D eigenvalue weighted by atomic mass is 10.2. The number of fused-ring (bicyclic) bond motifs is 1. The number of likely N-dealkylation sites (tertiary alicyclic amines) is 1. The van der Waals surface area contributed by atoms with Crippen molar-refractivity contribution in [2.45, 2.75) is 32.2 Å². The molecule has 150 valence electrons. The van der Waals surface area contributed by atoms with Crippen LogP contribution in [0.4, 0.5) is 0 Å². The minimum atomic E-state index is -0.204. The summed E-state index contributed by atoms with van der Waals surface area (Å²) in [5.74, 6) is -0.0115. The molecule has 0 unspecified atom stereocenters. The van der Waals surface area contributed by atoms with Gasteiger partial charge in [-0.15, -0.1) is 0 Å². The van der Waals surface area contributed by atoms with Crippen molar-refractivity contribution in [3.8, 4) is 0 Å². The molecule has 4 rings (SSSR count). The molecule has 0 atom stereocenters. The predicted molar refractivity (Wildman–Crippen MR) is 112 cm³/mol. The molecule has 0 radical (unpaired) electrons. The first-order valence-corrected chi connectivity index (χ1v) is 10.2. The van der Waals surface area contributed by atoms with Crippen molar-refractivity contribution >= 4 is 17.3 Å². The molecule has 0 aliphatic carbocycles.